The van der Waals surface area contributed by atoms with Gasteiger partial charge < -0.3 is 9.84 Å². The minimum Gasteiger partial charge on any atom is -0.425 e. The molecule has 4 heteroatoms. The maximum atomic E-state index is 12.4. The Morgan fingerprint density at radius 2 is 1.95 bits per heavy atom. The highest BCUT2D eigenvalue weighted by Crippen LogP contribution is 2.29. The molecule has 0 aromatic heterocycles. The summed E-state index contributed by atoms with van der Waals surface area (Å²) in [4.78, 5) is 23.7. The van der Waals surface area contributed by atoms with Crippen LogP contribution in [0, 0.1) is 5.92 Å². The van der Waals surface area contributed by atoms with E-state index in [0.717, 1.165) is 6.08 Å². The van der Waals surface area contributed by atoms with Crippen LogP contribution in [0.4, 0.5) is 0 Å². The number of ether oxygens (including phenoxy) is 1. The molecular formula is C16H14O4. The molecule has 0 aliphatic heterocycles. The molecule has 0 amide bonds. The molecule has 1 aromatic carbocycles. The number of Topliss-reactive ketones (excluding diaryl/α,β-unsaturated/α-hetero) is 1. The van der Waals surface area contributed by atoms with Crippen molar-refractivity contribution in [3.63, 3.8) is 0 Å². The molecule has 2 rings (SSSR count). The van der Waals surface area contributed by atoms with Gasteiger partial charge in [0.1, 0.15) is 5.92 Å². The zero-order chi connectivity index (χ0) is 14.6. The average molecular weight is 270 g/mol. The third kappa shape index (κ3) is 2.75. The molecule has 0 heterocycles. The topological polar surface area (TPSA) is 63.6 Å². The maximum Gasteiger partial charge on any atom is 0.332 e. The summed E-state index contributed by atoms with van der Waals surface area (Å²) >= 11 is 0. The number of allylic oxidation sites excluding steroid dienone is 2. The average Bonchev–Trinajstić information content (AvgIpc) is 2.47. The lowest BCUT2D eigenvalue weighted by Gasteiger charge is -2.31. The minimum absolute atomic E-state index is 0.328. The number of rotatable bonds is 4. The van der Waals surface area contributed by atoms with Gasteiger partial charge in [-0.05, 0) is 6.08 Å². The van der Waals surface area contributed by atoms with Crippen LogP contribution in [0.1, 0.15) is 10.4 Å². The van der Waals surface area contributed by atoms with Gasteiger partial charge >= 0.3 is 5.97 Å². The van der Waals surface area contributed by atoms with Crippen molar-refractivity contribution in [3.05, 3.63) is 72.9 Å². The van der Waals surface area contributed by atoms with E-state index in [-0.39, 0.29) is 5.78 Å². The monoisotopic (exact) mass is 270 g/mol. The fourth-order valence-electron chi connectivity index (χ4n) is 1.97. The Morgan fingerprint density at radius 1 is 1.25 bits per heavy atom. The Labute approximate surface area is 116 Å². The first kappa shape index (κ1) is 14.0. The zero-order valence-corrected chi connectivity index (χ0v) is 10.7. The van der Waals surface area contributed by atoms with Crippen LogP contribution >= 0.6 is 0 Å². The van der Waals surface area contributed by atoms with Crippen molar-refractivity contribution in [1.29, 1.82) is 0 Å². The van der Waals surface area contributed by atoms with E-state index in [4.69, 9.17) is 4.74 Å². The Balaban J connectivity index is 2.31. The molecule has 1 aromatic rings. The highest BCUT2D eigenvalue weighted by molar-refractivity contribution is 6.00. The van der Waals surface area contributed by atoms with E-state index in [0.29, 0.717) is 5.56 Å². The van der Waals surface area contributed by atoms with E-state index in [1.54, 1.807) is 36.4 Å². The second-order valence-electron chi connectivity index (χ2n) is 4.33. The lowest BCUT2D eigenvalue weighted by molar-refractivity contribution is -0.192. The van der Waals surface area contributed by atoms with E-state index in [2.05, 4.69) is 6.58 Å². The molecule has 0 saturated carbocycles. The number of hydrogen-bond acceptors (Lipinski definition) is 4. The molecule has 2 unspecified atom stereocenters. The van der Waals surface area contributed by atoms with Crippen LogP contribution in [-0.4, -0.2) is 22.6 Å². The van der Waals surface area contributed by atoms with Crippen LogP contribution in [0.3, 0.4) is 0 Å². The smallest absolute Gasteiger partial charge is 0.332 e. The summed E-state index contributed by atoms with van der Waals surface area (Å²) in [6, 6.07) is 8.53. The van der Waals surface area contributed by atoms with Crippen LogP contribution in [0.5, 0.6) is 0 Å². The molecule has 4 nitrogen and oxygen atoms in total. The van der Waals surface area contributed by atoms with Gasteiger partial charge in [0.05, 0.1) is 0 Å². The van der Waals surface area contributed by atoms with Crippen LogP contribution < -0.4 is 0 Å². The van der Waals surface area contributed by atoms with E-state index >= 15 is 0 Å². The van der Waals surface area contributed by atoms with Crippen molar-refractivity contribution >= 4 is 11.8 Å². The lowest BCUT2D eigenvalue weighted by Crippen LogP contribution is -2.44. The van der Waals surface area contributed by atoms with Crippen LogP contribution in [0.2, 0.25) is 0 Å². The van der Waals surface area contributed by atoms with Crippen LogP contribution in [-0.2, 0) is 9.53 Å². The van der Waals surface area contributed by atoms with Gasteiger partial charge in [-0.2, -0.15) is 0 Å². The largest absolute Gasteiger partial charge is 0.425 e. The molecule has 102 valence electrons. The first-order chi connectivity index (χ1) is 9.57. The predicted molar refractivity (Wildman–Crippen MR) is 73.8 cm³/mol. The third-order valence-electron chi connectivity index (χ3n) is 2.97. The fourth-order valence-corrected chi connectivity index (χ4v) is 1.97. The van der Waals surface area contributed by atoms with E-state index in [1.165, 1.54) is 18.2 Å². The van der Waals surface area contributed by atoms with Gasteiger partial charge in [-0.3, -0.25) is 4.79 Å². The molecule has 0 bridgehead atoms. The predicted octanol–water partition coefficient (Wildman–Crippen LogP) is 2.03. The summed E-state index contributed by atoms with van der Waals surface area (Å²) in [5.74, 6) is -4.10. The summed E-state index contributed by atoms with van der Waals surface area (Å²) in [6.07, 6.45) is 6.87. The van der Waals surface area contributed by atoms with Gasteiger partial charge in [0, 0.05) is 11.6 Å². The van der Waals surface area contributed by atoms with Crippen molar-refractivity contribution in [3.8, 4) is 0 Å². The second-order valence-corrected chi connectivity index (χ2v) is 4.33. The molecule has 20 heavy (non-hydrogen) atoms. The Kier molecular flexibility index (Phi) is 3.96. The van der Waals surface area contributed by atoms with Crippen molar-refractivity contribution in [2.24, 2.45) is 5.92 Å². The van der Waals surface area contributed by atoms with Gasteiger partial charge in [0.25, 0.3) is 0 Å². The number of carbonyl (C=O) groups is 2. The normalized spacial score (nSPS) is 24.1. The Morgan fingerprint density at radius 3 is 2.60 bits per heavy atom. The first-order valence-electron chi connectivity index (χ1n) is 6.10. The molecular weight excluding hydrogens is 256 g/mol. The fraction of sp³-hybridized carbons (Fsp3) is 0.125. The first-order valence-corrected chi connectivity index (χ1v) is 6.10. The van der Waals surface area contributed by atoms with E-state index < -0.39 is 17.7 Å². The maximum absolute atomic E-state index is 12.4. The molecule has 0 saturated heterocycles. The minimum atomic E-state index is -1.99. The van der Waals surface area contributed by atoms with E-state index in [1.807, 2.05) is 0 Å². The van der Waals surface area contributed by atoms with Gasteiger partial charge in [0.2, 0.25) is 5.79 Å². The third-order valence-corrected chi connectivity index (χ3v) is 2.97. The summed E-state index contributed by atoms with van der Waals surface area (Å²) in [7, 11) is 0. The Bertz CT molecular complexity index is 586. The van der Waals surface area contributed by atoms with Crippen molar-refractivity contribution < 1.29 is 19.4 Å². The SMILES string of the molecule is C=CC(=O)OC1(O)C=CC=CC1C(=O)c1ccccc1. The second kappa shape index (κ2) is 5.67. The zero-order valence-electron chi connectivity index (χ0n) is 10.7. The van der Waals surface area contributed by atoms with Crippen molar-refractivity contribution in [2.75, 3.05) is 0 Å². The number of carbonyl (C=O) groups excluding carboxylic acids is 2. The summed E-state index contributed by atoms with van der Waals surface area (Å²) in [6.45, 7) is 3.27. The molecule has 1 N–H and O–H groups in total. The molecule has 2 atom stereocenters. The van der Waals surface area contributed by atoms with E-state index in [9.17, 15) is 14.7 Å². The van der Waals surface area contributed by atoms with Crippen molar-refractivity contribution in [1.82, 2.24) is 0 Å². The van der Waals surface area contributed by atoms with Gasteiger partial charge in [-0.15, -0.1) is 0 Å². The van der Waals surface area contributed by atoms with Crippen LogP contribution in [0.15, 0.2) is 67.3 Å². The molecule has 0 spiro atoms. The number of esters is 1. The van der Waals surface area contributed by atoms with Gasteiger partial charge in [-0.1, -0.05) is 55.1 Å². The highest BCUT2D eigenvalue weighted by atomic mass is 16.7. The molecule has 0 fully saturated rings. The molecule has 1 aliphatic rings. The standard InChI is InChI=1S/C16H14O4/c1-2-14(17)20-16(19)11-7-6-10-13(16)15(18)12-8-4-3-5-9-12/h2-11,13,19H,1H2. The Hall–Kier alpha value is -2.46. The van der Waals surface area contributed by atoms with Gasteiger partial charge in [0.15, 0.2) is 5.78 Å². The van der Waals surface area contributed by atoms with Crippen molar-refractivity contribution in [2.45, 2.75) is 5.79 Å². The summed E-state index contributed by atoms with van der Waals surface area (Å²) in [5.41, 5.74) is 0.436. The summed E-state index contributed by atoms with van der Waals surface area (Å²) in [5, 5.41) is 10.4. The lowest BCUT2D eigenvalue weighted by atomic mass is 9.86. The summed E-state index contributed by atoms with van der Waals surface area (Å²) < 4.78 is 4.92. The number of ketones is 1. The number of aliphatic hydroxyl groups is 1. The highest BCUT2D eigenvalue weighted by Gasteiger charge is 2.42. The number of hydrogen-bond donors (Lipinski definition) is 1. The molecule has 1 aliphatic carbocycles. The van der Waals surface area contributed by atoms with Gasteiger partial charge in [-0.25, -0.2) is 4.79 Å². The molecule has 0 radical (unpaired) electrons. The number of benzene rings is 1. The van der Waals surface area contributed by atoms with Crippen LogP contribution in [0.25, 0.3) is 0 Å². The quantitative estimate of drug-likeness (QED) is 0.393.